The van der Waals surface area contributed by atoms with E-state index in [1.165, 1.54) is 10.5 Å². The summed E-state index contributed by atoms with van der Waals surface area (Å²) in [6.45, 7) is 1.20. The molecule has 0 radical (unpaired) electrons. The van der Waals surface area contributed by atoms with Gasteiger partial charge in [-0.15, -0.1) is 11.8 Å². The fourth-order valence-corrected chi connectivity index (χ4v) is 2.69. The van der Waals surface area contributed by atoms with Gasteiger partial charge in [0.15, 0.2) is 0 Å². The second kappa shape index (κ2) is 5.51. The van der Waals surface area contributed by atoms with Gasteiger partial charge in [-0.05, 0) is 11.6 Å². The molecule has 0 bridgehead atoms. The van der Waals surface area contributed by atoms with Crippen molar-refractivity contribution in [1.29, 1.82) is 0 Å². The van der Waals surface area contributed by atoms with Crippen molar-refractivity contribution in [3.05, 3.63) is 29.8 Å². The first-order chi connectivity index (χ1) is 7.42. The number of hydrogen-bond acceptors (Lipinski definition) is 4. The van der Waals surface area contributed by atoms with Crippen molar-refractivity contribution >= 4 is 11.8 Å². The minimum atomic E-state index is 0.308. The van der Waals surface area contributed by atoms with Crippen LogP contribution in [0.15, 0.2) is 29.2 Å². The van der Waals surface area contributed by atoms with Crippen LogP contribution in [-0.4, -0.2) is 26.1 Å². The third-order valence-electron chi connectivity index (χ3n) is 2.32. The van der Waals surface area contributed by atoms with Crippen LogP contribution in [0.4, 0.5) is 0 Å². The molecule has 0 saturated carbocycles. The molecule has 1 aromatic carbocycles. The molecule has 2 rings (SSSR count). The van der Waals surface area contributed by atoms with Crippen molar-refractivity contribution in [3.8, 4) is 0 Å². The Balaban J connectivity index is 1.85. The van der Waals surface area contributed by atoms with Gasteiger partial charge in [-0.25, -0.2) is 0 Å². The van der Waals surface area contributed by atoms with Crippen LogP contribution in [0.3, 0.4) is 0 Å². The van der Waals surface area contributed by atoms with Crippen molar-refractivity contribution in [2.75, 3.05) is 26.1 Å². The lowest BCUT2D eigenvalue weighted by Gasteiger charge is -2.12. The Bertz CT molecular complexity index is 319. The number of fused-ring (bicyclic) bond motifs is 1. The Hall–Kier alpha value is -0.550. The third kappa shape index (κ3) is 2.72. The van der Waals surface area contributed by atoms with Gasteiger partial charge in [0.25, 0.3) is 0 Å². The number of nitrogens with one attached hydrogen (secondary N) is 1. The zero-order valence-electron chi connectivity index (χ0n) is 8.73. The number of benzene rings is 1. The number of thioether (sulfide) groups is 1. The van der Waals surface area contributed by atoms with Crippen molar-refractivity contribution in [1.82, 2.24) is 5.48 Å². The second-order valence-electron chi connectivity index (χ2n) is 3.36. The zero-order valence-corrected chi connectivity index (χ0v) is 9.55. The molecule has 1 aliphatic heterocycles. The van der Waals surface area contributed by atoms with E-state index in [9.17, 15) is 0 Å². The molecule has 0 amide bonds. The molecule has 1 atom stereocenters. The summed E-state index contributed by atoms with van der Waals surface area (Å²) in [5, 5.41) is 0. The van der Waals surface area contributed by atoms with Crippen LogP contribution >= 0.6 is 11.8 Å². The first-order valence-corrected chi connectivity index (χ1v) is 5.98. The van der Waals surface area contributed by atoms with E-state index in [4.69, 9.17) is 9.57 Å². The van der Waals surface area contributed by atoms with Crippen LogP contribution in [-0.2, 0) is 9.57 Å². The number of rotatable bonds is 5. The van der Waals surface area contributed by atoms with Gasteiger partial charge in [0.05, 0.1) is 19.3 Å². The Kier molecular flexibility index (Phi) is 4.02. The number of ether oxygens (including phenoxy) is 1. The molecule has 1 heterocycles. The fraction of sp³-hybridized carbons (Fsp3) is 0.455. The highest BCUT2D eigenvalue weighted by Gasteiger charge is 2.22. The van der Waals surface area contributed by atoms with E-state index in [2.05, 4.69) is 29.7 Å². The van der Waals surface area contributed by atoms with Crippen LogP contribution in [0.25, 0.3) is 0 Å². The van der Waals surface area contributed by atoms with Gasteiger partial charge in [0.2, 0.25) is 0 Å². The number of hydrogen-bond donors (Lipinski definition) is 1. The molecule has 0 saturated heterocycles. The van der Waals surface area contributed by atoms with Crippen molar-refractivity contribution in [3.63, 3.8) is 0 Å². The lowest BCUT2D eigenvalue weighted by molar-refractivity contribution is -0.00824. The second-order valence-corrected chi connectivity index (χ2v) is 4.42. The molecule has 1 aliphatic rings. The van der Waals surface area contributed by atoms with Gasteiger partial charge in [-0.1, -0.05) is 18.2 Å². The predicted octanol–water partition coefficient (Wildman–Crippen LogP) is 2.00. The van der Waals surface area contributed by atoms with Crippen LogP contribution in [0.2, 0.25) is 0 Å². The maximum Gasteiger partial charge on any atom is 0.0916 e. The summed E-state index contributed by atoms with van der Waals surface area (Å²) in [7, 11) is 1.67. The van der Waals surface area contributed by atoms with Crippen LogP contribution in [0.1, 0.15) is 11.6 Å². The standard InChI is InChI=1S/C11H15NO2S/c1-13-6-7-14-12-10-8-15-11-5-3-2-4-9(10)11/h2-5,10,12H,6-8H2,1H3. The van der Waals surface area contributed by atoms with E-state index >= 15 is 0 Å². The summed E-state index contributed by atoms with van der Waals surface area (Å²) in [6, 6.07) is 8.74. The molecule has 82 valence electrons. The van der Waals surface area contributed by atoms with Gasteiger partial charge < -0.3 is 4.74 Å². The van der Waals surface area contributed by atoms with Gasteiger partial charge >= 0.3 is 0 Å². The van der Waals surface area contributed by atoms with E-state index < -0.39 is 0 Å². The molecule has 15 heavy (non-hydrogen) atoms. The van der Waals surface area contributed by atoms with Crippen LogP contribution in [0, 0.1) is 0 Å². The van der Waals surface area contributed by atoms with Crippen molar-refractivity contribution < 1.29 is 9.57 Å². The molecule has 1 N–H and O–H groups in total. The first-order valence-electron chi connectivity index (χ1n) is 5.00. The summed E-state index contributed by atoms with van der Waals surface area (Å²) in [4.78, 5) is 6.68. The van der Waals surface area contributed by atoms with E-state index in [0.717, 1.165) is 5.75 Å². The summed E-state index contributed by atoms with van der Waals surface area (Å²) in [5.74, 6) is 1.03. The van der Waals surface area contributed by atoms with E-state index in [1.54, 1.807) is 7.11 Å². The number of hydroxylamine groups is 1. The summed E-state index contributed by atoms with van der Waals surface area (Å²) in [6.07, 6.45) is 0. The summed E-state index contributed by atoms with van der Waals surface area (Å²) < 4.78 is 4.91. The molecule has 1 aromatic rings. The molecule has 0 aliphatic carbocycles. The maximum atomic E-state index is 5.33. The summed E-state index contributed by atoms with van der Waals surface area (Å²) >= 11 is 1.87. The Morgan fingerprint density at radius 3 is 3.13 bits per heavy atom. The highest BCUT2D eigenvalue weighted by molar-refractivity contribution is 7.99. The predicted molar refractivity (Wildman–Crippen MR) is 60.9 cm³/mol. The molecule has 0 fully saturated rings. The highest BCUT2D eigenvalue weighted by atomic mass is 32.2. The number of methoxy groups -OCH3 is 1. The van der Waals surface area contributed by atoms with E-state index in [0.29, 0.717) is 19.3 Å². The normalized spacial score (nSPS) is 19.1. The largest absolute Gasteiger partial charge is 0.382 e. The Morgan fingerprint density at radius 2 is 2.27 bits per heavy atom. The molecule has 1 unspecified atom stereocenters. The molecule has 0 aromatic heterocycles. The quantitative estimate of drug-likeness (QED) is 0.613. The maximum absolute atomic E-state index is 5.33. The Labute approximate surface area is 94.1 Å². The Morgan fingerprint density at radius 1 is 1.40 bits per heavy atom. The molecular formula is C11H15NO2S. The van der Waals surface area contributed by atoms with Crippen molar-refractivity contribution in [2.24, 2.45) is 0 Å². The average Bonchev–Trinajstić information content (AvgIpc) is 2.68. The van der Waals surface area contributed by atoms with Gasteiger partial charge in [0.1, 0.15) is 0 Å². The molecule has 3 nitrogen and oxygen atoms in total. The van der Waals surface area contributed by atoms with Crippen LogP contribution < -0.4 is 5.48 Å². The van der Waals surface area contributed by atoms with Gasteiger partial charge in [-0.2, -0.15) is 5.48 Å². The lowest BCUT2D eigenvalue weighted by Crippen LogP contribution is -2.23. The SMILES string of the molecule is COCCONC1CSc2ccccc21. The topological polar surface area (TPSA) is 30.5 Å². The minimum Gasteiger partial charge on any atom is -0.382 e. The molecule has 0 spiro atoms. The first kappa shape index (κ1) is 11.0. The smallest absolute Gasteiger partial charge is 0.0916 e. The van der Waals surface area contributed by atoms with Crippen molar-refractivity contribution in [2.45, 2.75) is 10.9 Å². The molecular weight excluding hydrogens is 210 g/mol. The van der Waals surface area contributed by atoms with Crippen LogP contribution in [0.5, 0.6) is 0 Å². The lowest BCUT2D eigenvalue weighted by atomic mass is 10.1. The minimum absolute atomic E-state index is 0.308. The monoisotopic (exact) mass is 225 g/mol. The van der Waals surface area contributed by atoms with E-state index in [1.807, 2.05) is 11.8 Å². The average molecular weight is 225 g/mol. The summed E-state index contributed by atoms with van der Waals surface area (Å²) in [5.41, 5.74) is 4.41. The van der Waals surface area contributed by atoms with Gasteiger partial charge in [0, 0.05) is 17.8 Å². The zero-order chi connectivity index (χ0) is 10.5. The van der Waals surface area contributed by atoms with E-state index in [-0.39, 0.29) is 0 Å². The fourth-order valence-electron chi connectivity index (χ4n) is 1.54. The van der Waals surface area contributed by atoms with Gasteiger partial charge in [-0.3, -0.25) is 4.84 Å². The third-order valence-corrected chi connectivity index (χ3v) is 3.50. The molecule has 4 heteroatoms. The highest BCUT2D eigenvalue weighted by Crippen LogP contribution is 2.37.